The number of nitrogens with two attached hydrogens (primary N) is 1. The predicted octanol–water partition coefficient (Wildman–Crippen LogP) is 2.77. The van der Waals surface area contributed by atoms with Crippen LogP contribution >= 0.6 is 0 Å². The van der Waals surface area contributed by atoms with E-state index in [4.69, 9.17) is 5.90 Å². The van der Waals surface area contributed by atoms with Gasteiger partial charge in [-0.05, 0) is 19.4 Å². The maximum atomic E-state index is 4.97. The van der Waals surface area contributed by atoms with Gasteiger partial charge in [0.15, 0.2) is 0 Å². The van der Waals surface area contributed by atoms with Crippen LogP contribution in [-0.2, 0) is 4.84 Å². The second-order valence-electron chi connectivity index (χ2n) is 3.77. The molecule has 0 radical (unpaired) electrons. The van der Waals surface area contributed by atoms with Gasteiger partial charge in [0.25, 0.3) is 0 Å². The third kappa shape index (κ3) is 2.15. The Hall–Kier alpha value is -1.58. The van der Waals surface area contributed by atoms with Crippen molar-refractivity contribution in [2.45, 2.75) is 13.3 Å². The van der Waals surface area contributed by atoms with Crippen molar-refractivity contribution >= 4 is 17.0 Å². The molecule has 0 unspecified atom stereocenters. The Morgan fingerprint density at radius 2 is 2.19 bits per heavy atom. The molecular formula is C13H16N2O. The number of rotatable bonds is 4. The first kappa shape index (κ1) is 10.9. The largest absolute Gasteiger partial charge is 0.358 e. The monoisotopic (exact) mass is 216 g/mol. The molecule has 2 rings (SSSR count). The molecule has 0 amide bonds. The average Bonchev–Trinajstić information content (AvgIpc) is 2.61. The molecule has 0 saturated carbocycles. The lowest BCUT2D eigenvalue weighted by Crippen LogP contribution is -1.98. The third-order valence-electron chi connectivity index (χ3n) is 2.63. The van der Waals surface area contributed by atoms with Gasteiger partial charge in [0.1, 0.15) is 0 Å². The molecule has 0 aliphatic rings. The minimum absolute atomic E-state index is 0.553. The lowest BCUT2D eigenvalue weighted by atomic mass is 10.1. The fourth-order valence-electron chi connectivity index (χ4n) is 1.85. The summed E-state index contributed by atoms with van der Waals surface area (Å²) >= 11 is 0. The lowest BCUT2D eigenvalue weighted by Gasteiger charge is -1.94. The second kappa shape index (κ2) is 4.96. The molecule has 0 spiro atoms. The van der Waals surface area contributed by atoms with E-state index in [0.29, 0.717) is 6.61 Å². The van der Waals surface area contributed by atoms with Gasteiger partial charge in [0.05, 0.1) is 6.61 Å². The number of aryl methyl sites for hydroxylation is 1. The van der Waals surface area contributed by atoms with Crippen LogP contribution in [0.1, 0.15) is 17.7 Å². The van der Waals surface area contributed by atoms with E-state index in [1.54, 1.807) is 0 Å². The van der Waals surface area contributed by atoms with Crippen LogP contribution in [0.25, 0.3) is 17.0 Å². The number of fused-ring (bicyclic) bond motifs is 1. The minimum atomic E-state index is 0.553. The Balaban J connectivity index is 2.29. The highest BCUT2D eigenvalue weighted by Gasteiger charge is 2.03. The first-order valence-corrected chi connectivity index (χ1v) is 5.38. The smallest absolute Gasteiger partial charge is 0.0713 e. The molecule has 0 aliphatic heterocycles. The van der Waals surface area contributed by atoms with Gasteiger partial charge in [0.2, 0.25) is 0 Å². The van der Waals surface area contributed by atoms with E-state index in [0.717, 1.165) is 6.42 Å². The van der Waals surface area contributed by atoms with Crippen molar-refractivity contribution in [3.8, 4) is 0 Å². The van der Waals surface area contributed by atoms with Gasteiger partial charge in [-0.3, -0.25) is 0 Å². The number of nitrogens with one attached hydrogen (secondary N) is 1. The minimum Gasteiger partial charge on any atom is -0.358 e. The van der Waals surface area contributed by atoms with Gasteiger partial charge in [0, 0.05) is 22.2 Å². The normalized spacial score (nSPS) is 11.6. The van der Waals surface area contributed by atoms with Crippen LogP contribution in [0.3, 0.4) is 0 Å². The van der Waals surface area contributed by atoms with Gasteiger partial charge in [-0.2, -0.15) is 0 Å². The quantitative estimate of drug-likeness (QED) is 0.610. The Bertz CT molecular complexity index is 500. The molecule has 1 aromatic heterocycles. The van der Waals surface area contributed by atoms with Gasteiger partial charge in [-0.1, -0.05) is 30.4 Å². The molecule has 84 valence electrons. The molecule has 2 aromatic rings. The molecule has 0 aliphatic carbocycles. The number of hydrogen-bond acceptors (Lipinski definition) is 2. The maximum absolute atomic E-state index is 4.97. The fourth-order valence-corrected chi connectivity index (χ4v) is 1.85. The van der Waals surface area contributed by atoms with Crippen molar-refractivity contribution in [1.29, 1.82) is 0 Å². The zero-order chi connectivity index (χ0) is 11.4. The Kier molecular flexibility index (Phi) is 3.39. The maximum Gasteiger partial charge on any atom is 0.0713 e. The highest BCUT2D eigenvalue weighted by molar-refractivity contribution is 5.90. The first-order chi connectivity index (χ1) is 7.83. The summed E-state index contributed by atoms with van der Waals surface area (Å²) in [5, 5.41) is 1.25. The molecule has 16 heavy (non-hydrogen) atoms. The summed E-state index contributed by atoms with van der Waals surface area (Å²) in [6, 6.07) is 8.30. The number of aromatic amines is 1. The van der Waals surface area contributed by atoms with Crippen molar-refractivity contribution in [2.75, 3.05) is 6.61 Å². The summed E-state index contributed by atoms with van der Waals surface area (Å²) in [4.78, 5) is 7.88. The van der Waals surface area contributed by atoms with Gasteiger partial charge in [-0.15, -0.1) is 0 Å². The Labute approximate surface area is 94.9 Å². The van der Waals surface area contributed by atoms with E-state index in [1.165, 1.54) is 22.2 Å². The van der Waals surface area contributed by atoms with Crippen LogP contribution in [0.15, 0.2) is 30.3 Å². The zero-order valence-corrected chi connectivity index (χ0v) is 9.36. The number of para-hydroxylation sites is 1. The van der Waals surface area contributed by atoms with Crippen molar-refractivity contribution in [3.63, 3.8) is 0 Å². The zero-order valence-electron chi connectivity index (χ0n) is 9.36. The highest BCUT2D eigenvalue weighted by Crippen LogP contribution is 2.22. The van der Waals surface area contributed by atoms with E-state index in [1.807, 2.05) is 6.07 Å². The van der Waals surface area contributed by atoms with Crippen LogP contribution in [0.4, 0.5) is 0 Å². The van der Waals surface area contributed by atoms with Crippen molar-refractivity contribution in [1.82, 2.24) is 4.98 Å². The lowest BCUT2D eigenvalue weighted by molar-refractivity contribution is 0.143. The standard InChI is InChI=1S/C13H16N2O/c1-10-11(6-4-5-9-16-14)12-7-2-3-8-13(12)15-10/h2-4,6-8,15H,5,9,14H2,1H3/b6-4+. The molecule has 1 aromatic carbocycles. The molecule has 0 fully saturated rings. The predicted molar refractivity (Wildman–Crippen MR) is 66.8 cm³/mol. The topological polar surface area (TPSA) is 51.0 Å². The van der Waals surface area contributed by atoms with Crippen LogP contribution < -0.4 is 5.90 Å². The molecule has 0 atom stereocenters. The summed E-state index contributed by atoms with van der Waals surface area (Å²) < 4.78 is 0. The first-order valence-electron chi connectivity index (χ1n) is 5.38. The molecule has 0 bridgehead atoms. The third-order valence-corrected chi connectivity index (χ3v) is 2.63. The van der Waals surface area contributed by atoms with Crippen LogP contribution in [0, 0.1) is 6.92 Å². The summed E-state index contributed by atoms with van der Waals surface area (Å²) in [5.74, 6) is 4.97. The number of H-pyrrole nitrogens is 1. The molecule has 3 heteroatoms. The second-order valence-corrected chi connectivity index (χ2v) is 3.77. The van der Waals surface area contributed by atoms with Crippen LogP contribution in [0.2, 0.25) is 0 Å². The molecular weight excluding hydrogens is 200 g/mol. The van der Waals surface area contributed by atoms with Crippen molar-refractivity contribution < 1.29 is 4.84 Å². The molecule has 3 nitrogen and oxygen atoms in total. The van der Waals surface area contributed by atoms with Crippen LogP contribution in [0.5, 0.6) is 0 Å². The van der Waals surface area contributed by atoms with E-state index in [2.05, 4.69) is 47.1 Å². The van der Waals surface area contributed by atoms with Gasteiger partial charge >= 0.3 is 0 Å². The summed E-state index contributed by atoms with van der Waals surface area (Å²) in [6.45, 7) is 2.64. The SMILES string of the molecule is Cc1[nH]c2ccccc2c1/C=C/CCON. The Morgan fingerprint density at radius 1 is 1.38 bits per heavy atom. The van der Waals surface area contributed by atoms with Crippen molar-refractivity contribution in [2.24, 2.45) is 5.90 Å². The van der Waals surface area contributed by atoms with E-state index < -0.39 is 0 Å². The molecule has 3 N–H and O–H groups in total. The van der Waals surface area contributed by atoms with E-state index in [-0.39, 0.29) is 0 Å². The molecule has 1 heterocycles. The number of aromatic nitrogens is 1. The van der Waals surface area contributed by atoms with Gasteiger partial charge < -0.3 is 9.82 Å². The average molecular weight is 216 g/mol. The summed E-state index contributed by atoms with van der Waals surface area (Å²) in [5.41, 5.74) is 3.61. The van der Waals surface area contributed by atoms with Crippen LogP contribution in [-0.4, -0.2) is 11.6 Å². The number of benzene rings is 1. The fraction of sp³-hybridized carbons (Fsp3) is 0.231. The Morgan fingerprint density at radius 3 is 3.00 bits per heavy atom. The molecule has 0 saturated heterocycles. The van der Waals surface area contributed by atoms with Crippen molar-refractivity contribution in [3.05, 3.63) is 41.6 Å². The van der Waals surface area contributed by atoms with Gasteiger partial charge in [-0.25, -0.2) is 5.90 Å². The summed E-state index contributed by atoms with van der Waals surface area (Å²) in [7, 11) is 0. The summed E-state index contributed by atoms with van der Waals surface area (Å²) in [6.07, 6.45) is 5.03. The van der Waals surface area contributed by atoms with E-state index >= 15 is 0 Å². The highest BCUT2D eigenvalue weighted by atomic mass is 16.6. The van der Waals surface area contributed by atoms with E-state index in [9.17, 15) is 0 Å². The number of hydrogen-bond donors (Lipinski definition) is 2.